The van der Waals surface area contributed by atoms with Gasteiger partial charge in [0.25, 0.3) is 0 Å². The van der Waals surface area contributed by atoms with Gasteiger partial charge in [-0.2, -0.15) is 0 Å². The molecule has 1 aromatic carbocycles. The molecule has 18 heavy (non-hydrogen) atoms. The molecule has 0 saturated carbocycles. The van der Waals surface area contributed by atoms with Gasteiger partial charge in [0, 0.05) is 38.3 Å². The monoisotopic (exact) mass is 252 g/mol. The van der Waals surface area contributed by atoms with Crippen LogP contribution in [0.15, 0.2) is 30.9 Å². The Balaban J connectivity index is 2.24. The summed E-state index contributed by atoms with van der Waals surface area (Å²) in [6, 6.07) is 3.75. The number of rotatable bonds is 4. The Bertz CT molecular complexity index is 394. The third-order valence-corrected chi connectivity index (χ3v) is 3.25. The lowest BCUT2D eigenvalue weighted by atomic mass is 10.0. The zero-order valence-electron chi connectivity index (χ0n) is 10.3. The van der Waals surface area contributed by atoms with Gasteiger partial charge in [-0.1, -0.05) is 6.08 Å². The number of hydrogen-bond acceptors (Lipinski definition) is 2. The van der Waals surface area contributed by atoms with Gasteiger partial charge < -0.3 is 5.32 Å². The Labute approximate surface area is 106 Å². The molecule has 0 bridgehead atoms. The van der Waals surface area contributed by atoms with Crippen molar-refractivity contribution in [3.63, 3.8) is 0 Å². The summed E-state index contributed by atoms with van der Waals surface area (Å²) in [7, 11) is 0. The molecule has 1 N–H and O–H groups in total. The molecule has 0 aliphatic carbocycles. The maximum Gasteiger partial charge on any atom is 0.126 e. The van der Waals surface area contributed by atoms with E-state index in [1.165, 1.54) is 12.1 Å². The van der Waals surface area contributed by atoms with Gasteiger partial charge in [-0.25, -0.2) is 8.78 Å². The molecule has 1 fully saturated rings. The standard InChI is InChI=1S/C14H18F2N2/c1-2-3-14(18-6-4-17-5-7-18)11-8-12(15)10-13(16)9-11/h2,8-10,14,17H,1,3-7H2/t14-/m0/s1. The van der Waals surface area contributed by atoms with Crippen molar-refractivity contribution >= 4 is 0 Å². The molecule has 0 spiro atoms. The van der Waals surface area contributed by atoms with E-state index in [1.54, 1.807) is 6.08 Å². The van der Waals surface area contributed by atoms with Crippen LogP contribution in [0.5, 0.6) is 0 Å². The number of nitrogens with one attached hydrogen (secondary N) is 1. The zero-order chi connectivity index (χ0) is 13.0. The van der Waals surface area contributed by atoms with Gasteiger partial charge in [-0.15, -0.1) is 6.58 Å². The van der Waals surface area contributed by atoms with Crippen LogP contribution in [0.4, 0.5) is 8.78 Å². The Morgan fingerprint density at radius 3 is 2.39 bits per heavy atom. The van der Waals surface area contributed by atoms with Crippen molar-refractivity contribution in [2.24, 2.45) is 0 Å². The van der Waals surface area contributed by atoms with E-state index < -0.39 is 11.6 Å². The van der Waals surface area contributed by atoms with Gasteiger partial charge in [0.1, 0.15) is 11.6 Å². The van der Waals surface area contributed by atoms with Crippen LogP contribution in [-0.2, 0) is 0 Å². The molecule has 1 aliphatic rings. The van der Waals surface area contributed by atoms with E-state index in [1.807, 2.05) is 0 Å². The molecule has 0 unspecified atom stereocenters. The van der Waals surface area contributed by atoms with Crippen LogP contribution in [0.25, 0.3) is 0 Å². The highest BCUT2D eigenvalue weighted by atomic mass is 19.1. The number of halogens is 2. The first kappa shape index (κ1) is 13.2. The summed E-state index contributed by atoms with van der Waals surface area (Å²) < 4.78 is 26.6. The van der Waals surface area contributed by atoms with Crippen molar-refractivity contribution in [2.75, 3.05) is 26.2 Å². The Morgan fingerprint density at radius 2 is 1.83 bits per heavy atom. The Kier molecular flexibility index (Phi) is 4.44. The molecule has 0 radical (unpaired) electrons. The number of benzene rings is 1. The highest BCUT2D eigenvalue weighted by molar-refractivity contribution is 5.22. The fourth-order valence-corrected chi connectivity index (χ4v) is 2.42. The van der Waals surface area contributed by atoms with Crippen LogP contribution >= 0.6 is 0 Å². The molecule has 1 aliphatic heterocycles. The lowest BCUT2D eigenvalue weighted by Crippen LogP contribution is -2.45. The van der Waals surface area contributed by atoms with Gasteiger partial charge in [0.05, 0.1) is 0 Å². The van der Waals surface area contributed by atoms with Crippen LogP contribution in [0.1, 0.15) is 18.0 Å². The van der Waals surface area contributed by atoms with Crippen molar-refractivity contribution in [1.82, 2.24) is 10.2 Å². The molecule has 4 heteroatoms. The van der Waals surface area contributed by atoms with Gasteiger partial charge in [-0.3, -0.25) is 4.90 Å². The first-order valence-corrected chi connectivity index (χ1v) is 6.22. The van der Waals surface area contributed by atoms with E-state index in [9.17, 15) is 8.78 Å². The maximum atomic E-state index is 13.3. The van der Waals surface area contributed by atoms with E-state index in [-0.39, 0.29) is 6.04 Å². The smallest absolute Gasteiger partial charge is 0.126 e. The highest BCUT2D eigenvalue weighted by Crippen LogP contribution is 2.26. The minimum Gasteiger partial charge on any atom is -0.314 e. The van der Waals surface area contributed by atoms with Crippen LogP contribution in [-0.4, -0.2) is 31.1 Å². The molecule has 1 atom stereocenters. The van der Waals surface area contributed by atoms with Crippen molar-refractivity contribution < 1.29 is 8.78 Å². The van der Waals surface area contributed by atoms with Gasteiger partial charge in [0.2, 0.25) is 0 Å². The first-order chi connectivity index (χ1) is 8.70. The molecule has 98 valence electrons. The Hall–Kier alpha value is -1.26. The van der Waals surface area contributed by atoms with Crippen LogP contribution in [0, 0.1) is 11.6 Å². The maximum absolute atomic E-state index is 13.3. The summed E-state index contributed by atoms with van der Waals surface area (Å²) in [6.07, 6.45) is 2.50. The van der Waals surface area contributed by atoms with E-state index in [0.717, 1.165) is 32.2 Å². The van der Waals surface area contributed by atoms with Crippen molar-refractivity contribution in [3.05, 3.63) is 48.1 Å². The fourth-order valence-electron chi connectivity index (χ4n) is 2.42. The third kappa shape index (κ3) is 3.15. The summed E-state index contributed by atoms with van der Waals surface area (Å²) in [6.45, 7) is 7.32. The third-order valence-electron chi connectivity index (χ3n) is 3.25. The molecular weight excluding hydrogens is 234 g/mol. The van der Waals surface area contributed by atoms with Crippen LogP contribution < -0.4 is 5.32 Å². The molecular formula is C14H18F2N2. The van der Waals surface area contributed by atoms with Crippen molar-refractivity contribution in [3.8, 4) is 0 Å². The van der Waals surface area contributed by atoms with Crippen molar-refractivity contribution in [2.45, 2.75) is 12.5 Å². The lowest BCUT2D eigenvalue weighted by Gasteiger charge is -2.34. The van der Waals surface area contributed by atoms with Gasteiger partial charge in [-0.05, 0) is 24.1 Å². The summed E-state index contributed by atoms with van der Waals surface area (Å²) in [5.74, 6) is -1.04. The molecule has 2 rings (SSSR count). The largest absolute Gasteiger partial charge is 0.314 e. The minimum atomic E-state index is -0.519. The SMILES string of the molecule is C=CC[C@@H](c1cc(F)cc(F)c1)N1CCNCC1. The van der Waals surface area contributed by atoms with Gasteiger partial charge >= 0.3 is 0 Å². The topological polar surface area (TPSA) is 15.3 Å². The summed E-state index contributed by atoms with van der Waals surface area (Å²) in [4.78, 5) is 2.24. The molecule has 1 heterocycles. The predicted molar refractivity (Wildman–Crippen MR) is 68.4 cm³/mol. The lowest BCUT2D eigenvalue weighted by molar-refractivity contribution is 0.174. The molecule has 1 saturated heterocycles. The van der Waals surface area contributed by atoms with Crippen molar-refractivity contribution in [1.29, 1.82) is 0 Å². The minimum absolute atomic E-state index is 0.00907. The van der Waals surface area contributed by atoms with Crippen LogP contribution in [0.2, 0.25) is 0 Å². The Morgan fingerprint density at radius 1 is 1.22 bits per heavy atom. The first-order valence-electron chi connectivity index (χ1n) is 6.22. The van der Waals surface area contributed by atoms with Crippen LogP contribution in [0.3, 0.4) is 0 Å². The highest BCUT2D eigenvalue weighted by Gasteiger charge is 2.21. The second-order valence-corrected chi connectivity index (χ2v) is 4.53. The zero-order valence-corrected chi connectivity index (χ0v) is 10.3. The van der Waals surface area contributed by atoms with E-state index >= 15 is 0 Å². The quantitative estimate of drug-likeness (QED) is 0.828. The predicted octanol–water partition coefficient (Wildman–Crippen LogP) is 2.49. The molecule has 0 aromatic heterocycles. The molecule has 0 amide bonds. The number of piperazine rings is 1. The number of nitrogens with zero attached hydrogens (tertiary/aromatic N) is 1. The van der Waals surface area contributed by atoms with E-state index in [4.69, 9.17) is 0 Å². The summed E-state index contributed by atoms with van der Waals surface area (Å²) in [5, 5.41) is 3.27. The fraction of sp³-hybridized carbons (Fsp3) is 0.429. The average molecular weight is 252 g/mol. The second kappa shape index (κ2) is 6.07. The molecule has 2 nitrogen and oxygen atoms in total. The normalized spacial score (nSPS) is 18.6. The van der Waals surface area contributed by atoms with E-state index in [2.05, 4.69) is 16.8 Å². The average Bonchev–Trinajstić information content (AvgIpc) is 2.36. The van der Waals surface area contributed by atoms with Gasteiger partial charge in [0.15, 0.2) is 0 Å². The molecule has 1 aromatic rings. The summed E-state index contributed by atoms with van der Waals surface area (Å²) in [5.41, 5.74) is 0.689. The number of hydrogen-bond donors (Lipinski definition) is 1. The summed E-state index contributed by atoms with van der Waals surface area (Å²) >= 11 is 0. The second-order valence-electron chi connectivity index (χ2n) is 4.53. The van der Waals surface area contributed by atoms with E-state index in [0.29, 0.717) is 12.0 Å².